The van der Waals surface area contributed by atoms with Crippen molar-refractivity contribution in [1.29, 1.82) is 0 Å². The molecule has 9 heteroatoms. The van der Waals surface area contributed by atoms with Crippen molar-refractivity contribution in [2.75, 3.05) is 32.7 Å². The number of likely N-dealkylation sites (tertiary alicyclic amines) is 2. The van der Waals surface area contributed by atoms with Crippen LogP contribution in [0.1, 0.15) is 57.4 Å². The number of hydrogen-bond acceptors (Lipinski definition) is 4. The average Bonchev–Trinajstić information content (AvgIpc) is 3.16. The Hall–Kier alpha value is -1.67. The number of piperidine rings is 1. The predicted molar refractivity (Wildman–Crippen MR) is 140 cm³/mol. The van der Waals surface area contributed by atoms with E-state index in [1.54, 1.807) is 0 Å². The van der Waals surface area contributed by atoms with E-state index in [9.17, 15) is 19.1 Å². The topological polar surface area (TPSA) is 72.9 Å². The molecule has 2 N–H and O–H groups in total. The maximum absolute atomic E-state index is 14.0. The van der Waals surface area contributed by atoms with Gasteiger partial charge >= 0.3 is 5.97 Å². The first-order chi connectivity index (χ1) is 17.2. The van der Waals surface area contributed by atoms with E-state index in [2.05, 4.69) is 16.3 Å². The van der Waals surface area contributed by atoms with Gasteiger partial charge in [0, 0.05) is 55.9 Å². The van der Waals surface area contributed by atoms with Crippen molar-refractivity contribution in [3.05, 3.63) is 45.2 Å². The van der Waals surface area contributed by atoms with Crippen LogP contribution in [0.2, 0.25) is 10.0 Å². The molecule has 2 atom stereocenters. The van der Waals surface area contributed by atoms with Crippen LogP contribution in [-0.4, -0.2) is 65.5 Å². The number of carboxylic acids is 1. The van der Waals surface area contributed by atoms with Gasteiger partial charge in [0.25, 0.3) is 0 Å². The highest BCUT2D eigenvalue weighted by Crippen LogP contribution is 2.41. The van der Waals surface area contributed by atoms with Gasteiger partial charge in [0.1, 0.15) is 5.82 Å². The third kappa shape index (κ3) is 6.24. The second-order valence-corrected chi connectivity index (χ2v) is 11.5. The largest absolute Gasteiger partial charge is 0.481 e. The summed E-state index contributed by atoms with van der Waals surface area (Å²) in [6, 6.07) is 2.72. The molecule has 0 spiro atoms. The van der Waals surface area contributed by atoms with Crippen molar-refractivity contribution in [3.63, 3.8) is 0 Å². The summed E-state index contributed by atoms with van der Waals surface area (Å²) < 4.78 is 14.0. The Kier molecular flexibility index (Phi) is 8.97. The molecule has 0 bridgehead atoms. The molecular formula is C27H36Cl2FN3O3. The molecule has 1 aromatic rings. The number of nitrogens with zero attached hydrogens (tertiary/aromatic N) is 2. The molecule has 0 radical (unpaired) electrons. The molecule has 0 aromatic heterocycles. The fourth-order valence-electron chi connectivity index (χ4n) is 6.02. The van der Waals surface area contributed by atoms with E-state index < -0.39 is 17.2 Å². The lowest BCUT2D eigenvalue weighted by Gasteiger charge is -2.36. The number of carbonyl (C=O) groups is 2. The maximum atomic E-state index is 14.0. The van der Waals surface area contributed by atoms with Gasteiger partial charge in [-0.15, -0.1) is 0 Å². The summed E-state index contributed by atoms with van der Waals surface area (Å²) in [5.74, 6) is -1.96. The van der Waals surface area contributed by atoms with Crippen molar-refractivity contribution in [2.24, 2.45) is 11.3 Å². The van der Waals surface area contributed by atoms with Gasteiger partial charge in [-0.1, -0.05) is 41.8 Å². The lowest BCUT2D eigenvalue weighted by molar-refractivity contribution is -0.147. The fraction of sp³-hybridized carbons (Fsp3) is 0.630. The van der Waals surface area contributed by atoms with E-state index in [-0.39, 0.29) is 42.4 Å². The molecule has 36 heavy (non-hydrogen) atoms. The molecule has 1 amide bonds. The highest BCUT2D eigenvalue weighted by molar-refractivity contribution is 6.36. The van der Waals surface area contributed by atoms with Gasteiger partial charge in [0.2, 0.25) is 5.91 Å². The highest BCUT2D eigenvalue weighted by Gasteiger charge is 2.51. The van der Waals surface area contributed by atoms with E-state index in [4.69, 9.17) is 23.2 Å². The van der Waals surface area contributed by atoms with Crippen molar-refractivity contribution >= 4 is 35.1 Å². The number of benzene rings is 1. The highest BCUT2D eigenvalue weighted by atomic mass is 35.5. The van der Waals surface area contributed by atoms with Crippen molar-refractivity contribution in [3.8, 4) is 0 Å². The Morgan fingerprint density at radius 3 is 2.58 bits per heavy atom. The van der Waals surface area contributed by atoms with Crippen LogP contribution in [0.5, 0.6) is 0 Å². The minimum Gasteiger partial charge on any atom is -0.481 e. The Morgan fingerprint density at radius 1 is 1.17 bits per heavy atom. The average molecular weight is 541 g/mol. The summed E-state index contributed by atoms with van der Waals surface area (Å²) in [5, 5.41) is 13.2. The second-order valence-electron chi connectivity index (χ2n) is 10.8. The monoisotopic (exact) mass is 539 g/mol. The van der Waals surface area contributed by atoms with Gasteiger partial charge in [-0.3, -0.25) is 19.4 Å². The first kappa shape index (κ1) is 27.4. The van der Waals surface area contributed by atoms with Crippen LogP contribution in [0.4, 0.5) is 4.39 Å². The fourth-order valence-corrected chi connectivity index (χ4v) is 6.51. The maximum Gasteiger partial charge on any atom is 0.304 e. The second kappa shape index (κ2) is 11.8. The molecular weight excluding hydrogens is 504 g/mol. The van der Waals surface area contributed by atoms with Crippen LogP contribution in [0.3, 0.4) is 0 Å². The molecule has 2 saturated heterocycles. The van der Waals surface area contributed by atoms with Crippen LogP contribution >= 0.6 is 23.2 Å². The number of halogens is 3. The lowest BCUT2D eigenvalue weighted by atomic mass is 9.75. The summed E-state index contributed by atoms with van der Waals surface area (Å²) in [6.45, 7) is 5.78. The normalized spacial score (nSPS) is 26.1. The number of amides is 1. The molecule has 4 rings (SSSR count). The molecule has 2 fully saturated rings. The molecule has 0 unspecified atom stereocenters. The summed E-state index contributed by atoms with van der Waals surface area (Å²) >= 11 is 12.4. The van der Waals surface area contributed by atoms with Gasteiger partial charge in [0.15, 0.2) is 0 Å². The molecule has 6 nitrogen and oxygen atoms in total. The molecule has 0 saturated carbocycles. The van der Waals surface area contributed by atoms with Crippen LogP contribution < -0.4 is 5.32 Å². The van der Waals surface area contributed by atoms with Gasteiger partial charge in [0.05, 0.1) is 16.9 Å². The van der Waals surface area contributed by atoms with Crippen LogP contribution in [-0.2, 0) is 16.1 Å². The molecule has 198 valence electrons. The van der Waals surface area contributed by atoms with Crippen LogP contribution in [0.15, 0.2) is 23.8 Å². The zero-order chi connectivity index (χ0) is 25.9. The van der Waals surface area contributed by atoms with E-state index in [1.165, 1.54) is 43.4 Å². The number of rotatable bonds is 8. The van der Waals surface area contributed by atoms with Crippen LogP contribution in [0, 0.1) is 17.2 Å². The quantitative estimate of drug-likeness (QED) is 0.354. The third-order valence-electron chi connectivity index (χ3n) is 8.16. The number of allylic oxidation sites excluding steroid dienone is 1. The summed E-state index contributed by atoms with van der Waals surface area (Å²) in [4.78, 5) is 29.9. The predicted octanol–water partition coefficient (Wildman–Crippen LogP) is 5.13. The van der Waals surface area contributed by atoms with Gasteiger partial charge in [-0.25, -0.2) is 4.39 Å². The first-order valence-electron chi connectivity index (χ1n) is 13.0. The molecule has 2 heterocycles. The Morgan fingerprint density at radius 2 is 1.92 bits per heavy atom. The summed E-state index contributed by atoms with van der Waals surface area (Å²) in [7, 11) is 0. The number of aliphatic carboxylic acids is 1. The Bertz CT molecular complexity index is 1010. The summed E-state index contributed by atoms with van der Waals surface area (Å²) in [5.41, 5.74) is 0.919. The van der Waals surface area contributed by atoms with E-state index in [1.807, 2.05) is 11.8 Å². The number of nitrogens with one attached hydrogen (secondary N) is 1. The Balaban J connectivity index is 1.39. The van der Waals surface area contributed by atoms with Gasteiger partial charge in [-0.05, 0) is 56.6 Å². The van der Waals surface area contributed by atoms with Crippen molar-refractivity contribution in [1.82, 2.24) is 15.1 Å². The van der Waals surface area contributed by atoms with Crippen LogP contribution in [0.25, 0.3) is 0 Å². The summed E-state index contributed by atoms with van der Waals surface area (Å²) in [6.07, 6.45) is 8.77. The van der Waals surface area contributed by atoms with Crippen molar-refractivity contribution in [2.45, 2.75) is 64.5 Å². The van der Waals surface area contributed by atoms with Crippen molar-refractivity contribution < 1.29 is 19.1 Å². The van der Waals surface area contributed by atoms with Gasteiger partial charge < -0.3 is 10.4 Å². The minimum atomic E-state index is -1.07. The SMILES string of the molecule is C[C@H]1CN(Cc2c(Cl)ccc(F)c2Cl)C[C@@]1(CC(=O)O)C(=O)NC1CCN(CC2=CCCCC2)CC1. The van der Waals surface area contributed by atoms with Gasteiger partial charge in [-0.2, -0.15) is 0 Å². The smallest absolute Gasteiger partial charge is 0.304 e. The van der Waals surface area contributed by atoms with E-state index in [0.717, 1.165) is 32.5 Å². The number of hydrogen-bond donors (Lipinski definition) is 2. The number of carboxylic acid groups (broad SMARTS) is 1. The Labute approximate surface area is 222 Å². The zero-order valence-corrected chi connectivity index (χ0v) is 22.4. The lowest BCUT2D eigenvalue weighted by Crippen LogP contribution is -2.53. The standard InChI is InChI=1S/C27H36Cl2FN3O3/c1-18-14-33(16-21-22(28)7-8-23(30)25(21)29)17-27(18,13-24(34)35)26(36)31-20-9-11-32(12-10-20)15-19-5-3-2-4-6-19/h5,7-8,18,20H,2-4,6,9-17H2,1H3,(H,31,36)(H,34,35)/t18-,27+/m0/s1. The zero-order valence-electron chi connectivity index (χ0n) is 20.9. The van der Waals surface area contributed by atoms with E-state index in [0.29, 0.717) is 17.1 Å². The molecule has 1 aromatic carbocycles. The number of carbonyl (C=O) groups excluding carboxylic acids is 1. The van der Waals surface area contributed by atoms with E-state index >= 15 is 0 Å². The molecule has 1 aliphatic carbocycles. The molecule has 2 aliphatic heterocycles. The minimum absolute atomic E-state index is 0.0353. The molecule has 3 aliphatic rings. The third-order valence-corrected chi connectivity index (χ3v) is 8.92. The first-order valence-corrected chi connectivity index (χ1v) is 13.7.